The molecule has 0 aliphatic carbocycles. The minimum Gasteiger partial charge on any atom is -0.394 e. The van der Waals surface area contributed by atoms with Gasteiger partial charge in [-0.1, -0.05) is 15.9 Å². The van der Waals surface area contributed by atoms with E-state index in [1.165, 1.54) is 11.8 Å². The highest BCUT2D eigenvalue weighted by molar-refractivity contribution is 9.10. The van der Waals surface area contributed by atoms with Crippen LogP contribution in [-0.2, 0) is 9.53 Å². The molecule has 0 fully saturated rings. The fraction of sp³-hybridized carbons (Fsp3) is 0.462. The number of nitrogens with one attached hydrogen (secondary N) is 1. The van der Waals surface area contributed by atoms with Crippen LogP contribution in [0.3, 0.4) is 0 Å². The van der Waals surface area contributed by atoms with Crippen LogP contribution >= 0.6 is 27.7 Å². The average Bonchev–Trinajstić information content (AvgIpc) is 2.37. The van der Waals surface area contributed by atoms with E-state index in [1.54, 1.807) is 0 Å². The first-order chi connectivity index (χ1) is 9.13. The first-order valence-corrected chi connectivity index (χ1v) is 7.75. The number of rotatable bonds is 8. The number of benzene rings is 1. The van der Waals surface area contributed by atoms with Crippen molar-refractivity contribution in [2.45, 2.75) is 11.8 Å². The third-order valence-corrected chi connectivity index (χ3v) is 3.97. The van der Waals surface area contributed by atoms with Gasteiger partial charge < -0.3 is 15.2 Å². The molecule has 1 rings (SSSR count). The highest BCUT2D eigenvalue weighted by atomic mass is 79.9. The van der Waals surface area contributed by atoms with Gasteiger partial charge in [-0.25, -0.2) is 0 Å². The van der Waals surface area contributed by atoms with Crippen molar-refractivity contribution in [2.24, 2.45) is 0 Å². The maximum absolute atomic E-state index is 11.6. The van der Waals surface area contributed by atoms with E-state index in [0.29, 0.717) is 25.5 Å². The van der Waals surface area contributed by atoms with E-state index >= 15 is 0 Å². The second kappa shape index (κ2) is 9.36. The Bertz CT molecular complexity index is 415. The van der Waals surface area contributed by atoms with Gasteiger partial charge in [0.15, 0.2) is 0 Å². The minimum atomic E-state index is -0.0140. The molecule has 0 saturated carbocycles. The molecule has 0 radical (unpaired) electrons. The topological polar surface area (TPSA) is 58.6 Å². The monoisotopic (exact) mass is 347 g/mol. The van der Waals surface area contributed by atoms with Crippen molar-refractivity contribution in [3.63, 3.8) is 0 Å². The maximum Gasteiger partial charge on any atom is 0.230 e. The summed E-state index contributed by atoms with van der Waals surface area (Å²) in [5, 5.41) is 11.3. The molecule has 0 aromatic heterocycles. The molecule has 4 nitrogen and oxygen atoms in total. The van der Waals surface area contributed by atoms with Gasteiger partial charge in [-0.15, -0.1) is 11.8 Å². The summed E-state index contributed by atoms with van der Waals surface area (Å²) in [6, 6.07) is 6.00. The molecule has 1 amide bonds. The standard InChI is InChI=1S/C13H18BrNO3S/c1-10-8-11(14)2-3-12(10)19-9-13(17)15-4-6-18-7-5-16/h2-3,8,16H,4-7,9H2,1H3,(H,15,17). The van der Waals surface area contributed by atoms with Crippen LogP contribution in [0.1, 0.15) is 5.56 Å². The molecule has 0 unspecified atom stereocenters. The predicted octanol–water partition coefficient (Wildman–Crippen LogP) is 1.97. The first-order valence-electron chi connectivity index (χ1n) is 5.97. The number of carbonyl (C=O) groups is 1. The highest BCUT2D eigenvalue weighted by Crippen LogP contribution is 2.24. The number of ether oxygens (including phenoxy) is 1. The lowest BCUT2D eigenvalue weighted by Crippen LogP contribution is -2.29. The Morgan fingerprint density at radius 1 is 1.47 bits per heavy atom. The number of aliphatic hydroxyl groups excluding tert-OH is 1. The summed E-state index contributed by atoms with van der Waals surface area (Å²) in [4.78, 5) is 12.7. The molecule has 1 aromatic carbocycles. The molecule has 6 heteroatoms. The van der Waals surface area contributed by atoms with Crippen molar-refractivity contribution in [1.82, 2.24) is 5.32 Å². The van der Waals surface area contributed by atoms with Gasteiger partial charge in [-0.05, 0) is 30.7 Å². The van der Waals surface area contributed by atoms with Gasteiger partial charge >= 0.3 is 0 Å². The number of aliphatic hydroxyl groups is 1. The van der Waals surface area contributed by atoms with Crippen LogP contribution in [0.5, 0.6) is 0 Å². The molecule has 106 valence electrons. The van der Waals surface area contributed by atoms with Crippen molar-refractivity contribution >= 4 is 33.6 Å². The Kier molecular flexibility index (Phi) is 8.13. The lowest BCUT2D eigenvalue weighted by molar-refractivity contribution is -0.118. The zero-order valence-corrected chi connectivity index (χ0v) is 13.2. The van der Waals surface area contributed by atoms with Gasteiger partial charge in [-0.2, -0.15) is 0 Å². The number of thioether (sulfide) groups is 1. The van der Waals surface area contributed by atoms with E-state index in [0.717, 1.165) is 14.9 Å². The molecular weight excluding hydrogens is 330 g/mol. The molecule has 0 saturated heterocycles. The Labute approximate surface area is 126 Å². The summed E-state index contributed by atoms with van der Waals surface area (Å²) in [6.07, 6.45) is 0. The summed E-state index contributed by atoms with van der Waals surface area (Å²) in [5.41, 5.74) is 1.15. The van der Waals surface area contributed by atoms with Crippen LogP contribution in [-0.4, -0.2) is 43.1 Å². The number of carbonyl (C=O) groups excluding carboxylic acids is 1. The fourth-order valence-corrected chi connectivity index (χ4v) is 2.71. The van der Waals surface area contributed by atoms with E-state index in [4.69, 9.17) is 9.84 Å². The Hall–Kier alpha value is -0.560. The first kappa shape index (κ1) is 16.5. The second-order valence-corrected chi connectivity index (χ2v) is 5.82. The summed E-state index contributed by atoms with van der Waals surface area (Å²) in [5.74, 6) is 0.377. The third-order valence-electron chi connectivity index (χ3n) is 2.30. The van der Waals surface area contributed by atoms with E-state index < -0.39 is 0 Å². The predicted molar refractivity (Wildman–Crippen MR) is 80.5 cm³/mol. The Morgan fingerprint density at radius 2 is 2.26 bits per heavy atom. The van der Waals surface area contributed by atoms with E-state index in [2.05, 4.69) is 21.2 Å². The van der Waals surface area contributed by atoms with E-state index in [-0.39, 0.29) is 12.5 Å². The molecule has 2 N–H and O–H groups in total. The van der Waals surface area contributed by atoms with Gasteiger partial charge in [0, 0.05) is 15.9 Å². The summed E-state index contributed by atoms with van der Waals surface area (Å²) >= 11 is 4.93. The van der Waals surface area contributed by atoms with Crippen molar-refractivity contribution in [2.75, 3.05) is 32.1 Å². The summed E-state index contributed by atoms with van der Waals surface area (Å²) in [6.45, 7) is 3.23. The van der Waals surface area contributed by atoms with Gasteiger partial charge in [0.05, 0.1) is 25.6 Å². The maximum atomic E-state index is 11.6. The lowest BCUT2D eigenvalue weighted by atomic mass is 10.2. The number of halogens is 1. The normalized spacial score (nSPS) is 10.5. The van der Waals surface area contributed by atoms with Gasteiger partial charge in [-0.3, -0.25) is 4.79 Å². The zero-order valence-electron chi connectivity index (χ0n) is 10.8. The summed E-state index contributed by atoms with van der Waals surface area (Å²) < 4.78 is 6.09. The Balaban J connectivity index is 2.22. The highest BCUT2D eigenvalue weighted by Gasteiger charge is 2.04. The van der Waals surface area contributed by atoms with Gasteiger partial charge in [0.2, 0.25) is 5.91 Å². The Morgan fingerprint density at radius 3 is 2.95 bits per heavy atom. The smallest absolute Gasteiger partial charge is 0.230 e. The zero-order chi connectivity index (χ0) is 14.1. The van der Waals surface area contributed by atoms with Crippen LogP contribution in [0.2, 0.25) is 0 Å². The second-order valence-electron chi connectivity index (χ2n) is 3.88. The summed E-state index contributed by atoms with van der Waals surface area (Å²) in [7, 11) is 0. The van der Waals surface area contributed by atoms with Crippen molar-refractivity contribution in [3.8, 4) is 0 Å². The van der Waals surface area contributed by atoms with Crippen LogP contribution < -0.4 is 5.32 Å². The average molecular weight is 348 g/mol. The van der Waals surface area contributed by atoms with Gasteiger partial charge in [0.25, 0.3) is 0 Å². The third kappa shape index (κ3) is 6.96. The molecule has 0 atom stereocenters. The van der Waals surface area contributed by atoms with E-state index in [9.17, 15) is 4.79 Å². The quantitative estimate of drug-likeness (QED) is 0.557. The molecule has 0 heterocycles. The van der Waals surface area contributed by atoms with E-state index in [1.807, 2.05) is 25.1 Å². The molecule has 1 aromatic rings. The molecule has 0 aliphatic rings. The van der Waals surface area contributed by atoms with Crippen LogP contribution in [0.15, 0.2) is 27.6 Å². The largest absolute Gasteiger partial charge is 0.394 e. The fourth-order valence-electron chi connectivity index (χ4n) is 1.40. The van der Waals surface area contributed by atoms with Crippen molar-refractivity contribution in [3.05, 3.63) is 28.2 Å². The molecule has 0 aliphatic heterocycles. The van der Waals surface area contributed by atoms with Crippen LogP contribution in [0, 0.1) is 6.92 Å². The lowest BCUT2D eigenvalue weighted by Gasteiger charge is -2.07. The number of hydrogen-bond acceptors (Lipinski definition) is 4. The molecule has 0 bridgehead atoms. The number of hydrogen-bond donors (Lipinski definition) is 2. The van der Waals surface area contributed by atoms with Crippen molar-refractivity contribution < 1.29 is 14.6 Å². The molecule has 19 heavy (non-hydrogen) atoms. The van der Waals surface area contributed by atoms with Crippen LogP contribution in [0.25, 0.3) is 0 Å². The van der Waals surface area contributed by atoms with Crippen molar-refractivity contribution in [1.29, 1.82) is 0 Å². The number of amides is 1. The minimum absolute atomic E-state index is 0.00659. The molecule has 0 spiro atoms. The molecular formula is C13H18BrNO3S. The van der Waals surface area contributed by atoms with Gasteiger partial charge in [0.1, 0.15) is 0 Å². The number of aryl methyl sites for hydroxylation is 1. The SMILES string of the molecule is Cc1cc(Br)ccc1SCC(=O)NCCOCCO. The van der Waals surface area contributed by atoms with Crippen LogP contribution in [0.4, 0.5) is 0 Å².